The van der Waals surface area contributed by atoms with E-state index in [0.717, 1.165) is 5.56 Å². The molecule has 1 aliphatic carbocycles. The number of rotatable bonds is 5. The molecule has 0 saturated carbocycles. The van der Waals surface area contributed by atoms with Gasteiger partial charge in [-0.3, -0.25) is 14.3 Å². The fraction of sp³-hybridized carbons (Fsp3) is 0.0968. The third kappa shape index (κ3) is 4.24. The summed E-state index contributed by atoms with van der Waals surface area (Å²) >= 11 is 12.4. The normalized spacial score (nSPS) is 12.0. The van der Waals surface area contributed by atoms with Crippen LogP contribution in [0.15, 0.2) is 78.9 Å². The molecule has 0 bridgehead atoms. The number of carbonyl (C=O) groups excluding carboxylic acids is 3. The van der Waals surface area contributed by atoms with Crippen LogP contribution in [0.1, 0.15) is 56.5 Å². The Hall–Kier alpha value is -4.46. The highest BCUT2D eigenvalue weighted by atomic mass is 35.5. The molecule has 0 aliphatic heterocycles. The topological polar surface area (TPSA) is 90.3 Å². The van der Waals surface area contributed by atoms with Crippen LogP contribution in [0.4, 0.5) is 5.69 Å². The summed E-state index contributed by atoms with van der Waals surface area (Å²) in [4.78, 5) is 39.4. The van der Waals surface area contributed by atoms with Crippen LogP contribution < -0.4 is 10.1 Å². The van der Waals surface area contributed by atoms with E-state index in [4.69, 9.17) is 27.9 Å². The lowest BCUT2D eigenvalue weighted by atomic mass is 9.99. The van der Waals surface area contributed by atoms with Crippen molar-refractivity contribution < 1.29 is 19.1 Å². The molecule has 40 heavy (non-hydrogen) atoms. The molecule has 0 spiro atoms. The summed E-state index contributed by atoms with van der Waals surface area (Å²) in [7, 11) is 0. The van der Waals surface area contributed by atoms with Crippen molar-refractivity contribution in [3.63, 3.8) is 0 Å². The Morgan fingerprint density at radius 3 is 2.27 bits per heavy atom. The first kappa shape index (κ1) is 25.8. The van der Waals surface area contributed by atoms with Crippen LogP contribution in [0.5, 0.6) is 5.88 Å². The Morgan fingerprint density at radius 1 is 0.875 bits per heavy atom. The fourth-order valence-electron chi connectivity index (χ4n) is 4.95. The van der Waals surface area contributed by atoms with Gasteiger partial charge in [-0.25, -0.2) is 4.79 Å². The molecule has 0 saturated heterocycles. The minimum Gasteiger partial charge on any atom is -0.401 e. The maximum Gasteiger partial charge on any atom is 0.347 e. The number of hydrogen-bond acceptors (Lipinski definition) is 5. The first-order chi connectivity index (χ1) is 19.2. The van der Waals surface area contributed by atoms with Gasteiger partial charge in [0.1, 0.15) is 0 Å². The van der Waals surface area contributed by atoms with Crippen LogP contribution in [-0.2, 0) is 0 Å². The molecule has 0 atom stereocenters. The van der Waals surface area contributed by atoms with Crippen molar-refractivity contribution in [2.24, 2.45) is 0 Å². The zero-order chi connectivity index (χ0) is 28.1. The van der Waals surface area contributed by atoms with Crippen LogP contribution >= 0.6 is 23.2 Å². The highest BCUT2D eigenvalue weighted by molar-refractivity contribution is 6.39. The van der Waals surface area contributed by atoms with Crippen molar-refractivity contribution in [3.05, 3.63) is 111 Å². The number of aromatic nitrogens is 2. The Balaban J connectivity index is 1.37. The minimum absolute atomic E-state index is 0.0373. The number of benzene rings is 4. The number of carbonyl (C=O) groups is 3. The van der Waals surface area contributed by atoms with E-state index in [2.05, 4.69) is 10.4 Å². The van der Waals surface area contributed by atoms with Crippen LogP contribution in [0.3, 0.4) is 0 Å². The molecular weight excluding hydrogens is 549 g/mol. The van der Waals surface area contributed by atoms with Crippen LogP contribution in [0.25, 0.3) is 22.0 Å². The Labute approximate surface area is 239 Å². The van der Waals surface area contributed by atoms with Gasteiger partial charge in [-0.15, -0.1) is 5.10 Å². The second kappa shape index (κ2) is 9.93. The van der Waals surface area contributed by atoms with Gasteiger partial charge in [0.2, 0.25) is 5.88 Å². The lowest BCUT2D eigenvalue weighted by molar-refractivity contribution is 0.0728. The van der Waals surface area contributed by atoms with Gasteiger partial charge in [-0.2, -0.15) is 0 Å². The number of anilines is 1. The maximum absolute atomic E-state index is 13.5. The molecule has 0 fully saturated rings. The molecule has 1 N–H and O–H groups in total. The molecule has 0 unspecified atom stereocenters. The lowest BCUT2D eigenvalue weighted by Gasteiger charge is -2.11. The van der Waals surface area contributed by atoms with E-state index in [1.807, 2.05) is 26.0 Å². The average molecular weight is 570 g/mol. The van der Waals surface area contributed by atoms with Gasteiger partial charge in [0.25, 0.3) is 5.91 Å². The van der Waals surface area contributed by atoms with E-state index >= 15 is 0 Å². The van der Waals surface area contributed by atoms with E-state index in [1.165, 1.54) is 0 Å². The summed E-state index contributed by atoms with van der Waals surface area (Å²) in [6.07, 6.45) is 0. The standard InChI is InChI=1S/C31H21Cl2N3O4/c1-16(2)36-25-14-13-17(15-22(25)30(35-36)40-31(39)27-23(32)11-6-12-24(27)33)34-29(38)21-10-5-9-20-26(21)18-7-3-4-8-19(18)28(20)37/h3-16H,1-2H3,(H,34,38). The monoisotopic (exact) mass is 569 g/mol. The van der Waals surface area contributed by atoms with E-state index in [-0.39, 0.29) is 39.2 Å². The second-order valence-corrected chi connectivity index (χ2v) is 10.4. The van der Waals surface area contributed by atoms with Crippen LogP contribution in [0, 0.1) is 0 Å². The van der Waals surface area contributed by atoms with Gasteiger partial charge in [0.15, 0.2) is 5.78 Å². The Bertz CT molecular complexity index is 1860. The molecule has 1 aliphatic rings. The van der Waals surface area contributed by atoms with Crippen molar-refractivity contribution in [1.82, 2.24) is 9.78 Å². The van der Waals surface area contributed by atoms with E-state index in [1.54, 1.807) is 71.4 Å². The number of halogens is 2. The highest BCUT2D eigenvalue weighted by Crippen LogP contribution is 2.39. The van der Waals surface area contributed by atoms with Gasteiger partial charge in [0.05, 0.1) is 26.5 Å². The minimum atomic E-state index is -0.747. The Morgan fingerprint density at radius 2 is 1.55 bits per heavy atom. The van der Waals surface area contributed by atoms with Crippen molar-refractivity contribution in [2.45, 2.75) is 19.9 Å². The number of fused-ring (bicyclic) bond motifs is 4. The molecule has 1 aromatic heterocycles. The third-order valence-electron chi connectivity index (χ3n) is 6.77. The molecule has 0 radical (unpaired) electrons. The zero-order valence-corrected chi connectivity index (χ0v) is 22.9. The zero-order valence-electron chi connectivity index (χ0n) is 21.4. The SMILES string of the molecule is CC(C)n1nc(OC(=O)c2c(Cl)cccc2Cl)c2cc(NC(=O)c3cccc4c3-c3ccccc3C4=O)ccc21. The summed E-state index contributed by atoms with van der Waals surface area (Å²) in [5.74, 6) is -1.17. The van der Waals surface area contributed by atoms with Gasteiger partial charge in [-0.1, -0.05) is 65.7 Å². The van der Waals surface area contributed by atoms with Gasteiger partial charge in [-0.05, 0) is 55.8 Å². The van der Waals surface area contributed by atoms with Crippen LogP contribution in [0.2, 0.25) is 10.0 Å². The molecular formula is C31H21Cl2N3O4. The summed E-state index contributed by atoms with van der Waals surface area (Å²) in [6, 6.07) is 22.3. The molecule has 198 valence electrons. The molecule has 7 nitrogen and oxygen atoms in total. The first-order valence-electron chi connectivity index (χ1n) is 12.5. The Kier molecular flexibility index (Phi) is 6.41. The predicted octanol–water partition coefficient (Wildman–Crippen LogP) is 7.61. The quantitative estimate of drug-likeness (QED) is 0.216. The van der Waals surface area contributed by atoms with E-state index < -0.39 is 5.97 Å². The summed E-state index contributed by atoms with van der Waals surface area (Å²) < 4.78 is 7.40. The van der Waals surface area contributed by atoms with Crippen LogP contribution in [-0.4, -0.2) is 27.4 Å². The molecule has 6 rings (SSSR count). The molecule has 9 heteroatoms. The first-order valence-corrected chi connectivity index (χ1v) is 13.3. The summed E-state index contributed by atoms with van der Waals surface area (Å²) in [6.45, 7) is 3.90. The van der Waals surface area contributed by atoms with Gasteiger partial charge >= 0.3 is 5.97 Å². The average Bonchev–Trinajstić information content (AvgIpc) is 3.44. The number of ether oxygens (including phenoxy) is 1. The van der Waals surface area contributed by atoms with E-state index in [9.17, 15) is 14.4 Å². The highest BCUT2D eigenvalue weighted by Gasteiger charge is 2.30. The second-order valence-electron chi connectivity index (χ2n) is 9.62. The molecule has 1 heterocycles. The number of amides is 1. The van der Waals surface area contributed by atoms with Gasteiger partial charge < -0.3 is 10.1 Å². The number of nitrogens with zero attached hydrogens (tertiary/aromatic N) is 2. The third-order valence-corrected chi connectivity index (χ3v) is 7.40. The predicted molar refractivity (Wildman–Crippen MR) is 155 cm³/mol. The number of nitrogens with one attached hydrogen (secondary N) is 1. The fourth-order valence-corrected chi connectivity index (χ4v) is 5.51. The van der Waals surface area contributed by atoms with Crippen molar-refractivity contribution >= 4 is 57.5 Å². The van der Waals surface area contributed by atoms with Crippen molar-refractivity contribution in [3.8, 4) is 17.0 Å². The smallest absolute Gasteiger partial charge is 0.347 e. The van der Waals surface area contributed by atoms with E-state index in [0.29, 0.717) is 38.8 Å². The molecule has 4 aromatic carbocycles. The number of ketones is 1. The summed E-state index contributed by atoms with van der Waals surface area (Å²) in [5, 5.41) is 8.27. The van der Waals surface area contributed by atoms with Crippen molar-refractivity contribution in [2.75, 3.05) is 5.32 Å². The summed E-state index contributed by atoms with van der Waals surface area (Å²) in [5.41, 5.74) is 4.00. The largest absolute Gasteiger partial charge is 0.401 e. The van der Waals surface area contributed by atoms with Gasteiger partial charge in [0, 0.05) is 34.0 Å². The molecule has 1 amide bonds. The maximum atomic E-state index is 13.5. The van der Waals surface area contributed by atoms with Crippen molar-refractivity contribution in [1.29, 1.82) is 0 Å². The molecule has 5 aromatic rings. The number of hydrogen-bond donors (Lipinski definition) is 1. The lowest BCUT2D eigenvalue weighted by Crippen LogP contribution is -2.13. The number of esters is 1.